The normalized spacial score (nSPS) is 15.1. The Morgan fingerprint density at radius 2 is 1.84 bits per heavy atom. The van der Waals surface area contributed by atoms with Crippen LogP contribution in [0.1, 0.15) is 27.2 Å². The zero-order chi connectivity index (χ0) is 15.1. The van der Waals surface area contributed by atoms with Crippen molar-refractivity contribution in [3.8, 4) is 0 Å². The molecule has 0 aromatic heterocycles. The minimum Gasteiger partial charge on any atom is -0.356 e. The van der Waals surface area contributed by atoms with Gasteiger partial charge in [0.15, 0.2) is 0 Å². The number of carbonyl (C=O) groups is 1. The predicted molar refractivity (Wildman–Crippen MR) is 83.1 cm³/mol. The summed E-state index contributed by atoms with van der Waals surface area (Å²) in [4.78, 5) is 11.4. The Labute approximate surface area is 119 Å². The van der Waals surface area contributed by atoms with E-state index in [1.165, 1.54) is 0 Å². The summed E-state index contributed by atoms with van der Waals surface area (Å²) in [6, 6.07) is 1.13. The summed E-state index contributed by atoms with van der Waals surface area (Å²) in [6.45, 7) is 17.3. The molecule has 19 heavy (non-hydrogen) atoms. The SMILES string of the molecule is C=C(C)C[C@@H](OCOCC[Si](C)(C)C)[C@H](C)C(C)=O. The lowest BCUT2D eigenvalue weighted by atomic mass is 9.95. The number of ether oxygens (including phenoxy) is 2. The van der Waals surface area contributed by atoms with Crippen LogP contribution < -0.4 is 0 Å². The number of Topliss-reactive ketones (excluding diaryl/α,β-unsaturated/α-hetero) is 1. The van der Waals surface area contributed by atoms with Crippen LogP contribution in [-0.2, 0) is 14.3 Å². The van der Waals surface area contributed by atoms with Crippen LogP contribution in [0, 0.1) is 5.92 Å². The maximum atomic E-state index is 11.4. The molecule has 0 bridgehead atoms. The number of carbonyl (C=O) groups excluding carboxylic acids is 1. The van der Waals surface area contributed by atoms with Crippen LogP contribution >= 0.6 is 0 Å². The van der Waals surface area contributed by atoms with Crippen molar-refractivity contribution < 1.29 is 14.3 Å². The highest BCUT2D eigenvalue weighted by Gasteiger charge is 2.22. The first-order valence-corrected chi connectivity index (χ1v) is 10.7. The van der Waals surface area contributed by atoms with Crippen LogP contribution in [0.15, 0.2) is 12.2 Å². The average molecular weight is 286 g/mol. The summed E-state index contributed by atoms with van der Waals surface area (Å²) < 4.78 is 11.2. The number of hydrogen-bond donors (Lipinski definition) is 0. The van der Waals surface area contributed by atoms with Crippen molar-refractivity contribution in [3.05, 3.63) is 12.2 Å². The topological polar surface area (TPSA) is 35.5 Å². The number of rotatable bonds is 10. The van der Waals surface area contributed by atoms with E-state index in [1.807, 2.05) is 13.8 Å². The molecule has 0 radical (unpaired) electrons. The lowest BCUT2D eigenvalue weighted by molar-refractivity contribution is -0.133. The predicted octanol–water partition coefficient (Wildman–Crippen LogP) is 3.88. The molecule has 0 spiro atoms. The lowest BCUT2D eigenvalue weighted by Gasteiger charge is -2.23. The highest BCUT2D eigenvalue weighted by Crippen LogP contribution is 2.17. The first kappa shape index (κ1) is 18.5. The summed E-state index contributed by atoms with van der Waals surface area (Å²) in [6.07, 6.45) is 0.583. The van der Waals surface area contributed by atoms with Gasteiger partial charge in [-0.2, -0.15) is 0 Å². The van der Waals surface area contributed by atoms with Crippen molar-refractivity contribution in [3.63, 3.8) is 0 Å². The van der Waals surface area contributed by atoms with Gasteiger partial charge >= 0.3 is 0 Å². The summed E-state index contributed by atoms with van der Waals surface area (Å²) in [5, 5.41) is 0. The van der Waals surface area contributed by atoms with Gasteiger partial charge in [-0.05, 0) is 26.3 Å². The minimum atomic E-state index is -1.05. The third kappa shape index (κ3) is 10.0. The van der Waals surface area contributed by atoms with E-state index in [4.69, 9.17) is 9.47 Å². The molecule has 0 unspecified atom stereocenters. The maximum absolute atomic E-state index is 11.4. The second kappa shape index (κ2) is 8.66. The third-order valence-electron chi connectivity index (χ3n) is 3.11. The van der Waals surface area contributed by atoms with E-state index in [9.17, 15) is 4.79 Å². The van der Waals surface area contributed by atoms with Gasteiger partial charge in [0.2, 0.25) is 0 Å². The Morgan fingerprint density at radius 3 is 2.26 bits per heavy atom. The number of ketones is 1. The molecule has 0 aliphatic carbocycles. The molecular formula is C15H30O3Si. The minimum absolute atomic E-state index is 0.114. The molecule has 0 N–H and O–H groups in total. The van der Waals surface area contributed by atoms with Gasteiger partial charge in [-0.1, -0.05) is 32.1 Å². The molecule has 0 aromatic carbocycles. The van der Waals surface area contributed by atoms with Gasteiger partial charge in [-0.3, -0.25) is 4.79 Å². The van der Waals surface area contributed by atoms with E-state index < -0.39 is 8.07 Å². The molecule has 0 aromatic rings. The van der Waals surface area contributed by atoms with Gasteiger partial charge in [0.1, 0.15) is 12.6 Å². The highest BCUT2D eigenvalue weighted by molar-refractivity contribution is 6.76. The number of hydrogen-bond acceptors (Lipinski definition) is 3. The standard InChI is InChI=1S/C15H30O3Si/c1-12(2)10-15(13(3)14(4)16)18-11-17-8-9-19(5,6)7/h13,15H,1,8-11H2,2-7H3/t13-,15-/m1/s1. The van der Waals surface area contributed by atoms with Gasteiger partial charge in [0.25, 0.3) is 0 Å². The summed E-state index contributed by atoms with van der Waals surface area (Å²) in [5.41, 5.74) is 1.03. The lowest BCUT2D eigenvalue weighted by Crippen LogP contribution is -2.29. The van der Waals surface area contributed by atoms with E-state index in [2.05, 4.69) is 26.2 Å². The fourth-order valence-corrected chi connectivity index (χ4v) is 2.31. The van der Waals surface area contributed by atoms with E-state index >= 15 is 0 Å². The molecular weight excluding hydrogens is 256 g/mol. The van der Waals surface area contributed by atoms with Crippen LogP contribution in [0.5, 0.6) is 0 Å². The molecule has 112 valence electrons. The third-order valence-corrected chi connectivity index (χ3v) is 4.81. The van der Waals surface area contributed by atoms with Crippen molar-refractivity contribution in [1.82, 2.24) is 0 Å². The van der Waals surface area contributed by atoms with Crippen LogP contribution in [0.2, 0.25) is 25.7 Å². The molecule has 0 heterocycles. The zero-order valence-corrected chi connectivity index (χ0v) is 14.4. The quantitative estimate of drug-likeness (QED) is 0.265. The molecule has 0 fully saturated rings. The molecule has 0 saturated carbocycles. The van der Waals surface area contributed by atoms with Crippen molar-refractivity contribution >= 4 is 13.9 Å². The second-order valence-corrected chi connectivity index (χ2v) is 12.2. The van der Waals surface area contributed by atoms with E-state index in [-0.39, 0.29) is 24.6 Å². The molecule has 0 aliphatic rings. The highest BCUT2D eigenvalue weighted by atomic mass is 28.3. The van der Waals surface area contributed by atoms with Crippen LogP contribution in [-0.4, -0.2) is 33.4 Å². The van der Waals surface area contributed by atoms with Crippen LogP contribution in [0.25, 0.3) is 0 Å². The van der Waals surface area contributed by atoms with Gasteiger partial charge < -0.3 is 9.47 Å². The van der Waals surface area contributed by atoms with Crippen molar-refractivity contribution in [2.45, 2.75) is 59.0 Å². The Morgan fingerprint density at radius 1 is 1.26 bits per heavy atom. The molecule has 4 heteroatoms. The first-order chi connectivity index (χ1) is 8.63. The summed E-state index contributed by atoms with van der Waals surface area (Å²) >= 11 is 0. The monoisotopic (exact) mass is 286 g/mol. The van der Waals surface area contributed by atoms with E-state index in [1.54, 1.807) is 6.92 Å². The van der Waals surface area contributed by atoms with Crippen molar-refractivity contribution in [2.24, 2.45) is 5.92 Å². The van der Waals surface area contributed by atoms with E-state index in [0.717, 1.165) is 18.2 Å². The largest absolute Gasteiger partial charge is 0.356 e. The zero-order valence-electron chi connectivity index (χ0n) is 13.4. The molecule has 0 saturated heterocycles. The van der Waals surface area contributed by atoms with Gasteiger partial charge in [-0.15, -0.1) is 6.58 Å². The Bertz CT molecular complexity index is 294. The van der Waals surface area contributed by atoms with Crippen LogP contribution in [0.3, 0.4) is 0 Å². The molecule has 3 nitrogen and oxygen atoms in total. The summed E-state index contributed by atoms with van der Waals surface area (Å²) in [7, 11) is -1.05. The molecule has 2 atom stereocenters. The van der Waals surface area contributed by atoms with E-state index in [0.29, 0.717) is 6.42 Å². The van der Waals surface area contributed by atoms with Gasteiger partial charge in [0, 0.05) is 20.6 Å². The van der Waals surface area contributed by atoms with Crippen molar-refractivity contribution in [1.29, 1.82) is 0 Å². The van der Waals surface area contributed by atoms with Gasteiger partial charge in [-0.25, -0.2) is 0 Å². The Balaban J connectivity index is 4.06. The van der Waals surface area contributed by atoms with Gasteiger partial charge in [0.05, 0.1) is 6.10 Å². The van der Waals surface area contributed by atoms with Crippen molar-refractivity contribution in [2.75, 3.05) is 13.4 Å². The Hall–Kier alpha value is -0.453. The van der Waals surface area contributed by atoms with Crippen LogP contribution in [0.4, 0.5) is 0 Å². The maximum Gasteiger partial charge on any atom is 0.147 e. The second-order valence-electron chi connectivity index (χ2n) is 6.60. The molecule has 0 aliphatic heterocycles. The average Bonchev–Trinajstić information content (AvgIpc) is 2.23. The Kier molecular flexibility index (Phi) is 8.46. The fourth-order valence-electron chi connectivity index (χ4n) is 1.56. The summed E-state index contributed by atoms with van der Waals surface area (Å²) in [5.74, 6) is 0.0330. The smallest absolute Gasteiger partial charge is 0.147 e. The molecule has 0 rings (SSSR count). The molecule has 0 amide bonds. The fraction of sp³-hybridized carbons (Fsp3) is 0.800. The first-order valence-electron chi connectivity index (χ1n) is 6.97.